The molecule has 11 heteroatoms. The van der Waals surface area contributed by atoms with Crippen molar-refractivity contribution in [3.8, 4) is 0 Å². The molecule has 28 heavy (non-hydrogen) atoms. The highest BCUT2D eigenvalue weighted by atomic mass is 28.4. The molecule has 0 spiro atoms. The molecular formula is C17H40N2O7Si2. The molecule has 2 unspecified atom stereocenters. The van der Waals surface area contributed by atoms with Crippen LogP contribution in [0.25, 0.3) is 0 Å². The van der Waals surface area contributed by atoms with Gasteiger partial charge in [-0.15, -0.1) is 0 Å². The Morgan fingerprint density at radius 2 is 1.82 bits per heavy atom. The fraction of sp³-hybridized carbons (Fsp3) is 0.824. The van der Waals surface area contributed by atoms with E-state index in [1.165, 1.54) is 6.42 Å². The fourth-order valence-corrected chi connectivity index (χ4v) is 4.25. The van der Waals surface area contributed by atoms with Gasteiger partial charge in [-0.25, -0.2) is 4.79 Å². The SMILES string of the molecule is C=CC(=O)OCCC[Si](OC)(OC)OC.CC(N)C1CCNC1.CO[SiH2]OC. The summed E-state index contributed by atoms with van der Waals surface area (Å²) >= 11 is 0. The van der Waals surface area contributed by atoms with Crippen LogP contribution in [0.15, 0.2) is 12.7 Å². The quantitative estimate of drug-likeness (QED) is 0.201. The second-order valence-corrected chi connectivity index (χ2v) is 10.6. The van der Waals surface area contributed by atoms with E-state index >= 15 is 0 Å². The summed E-state index contributed by atoms with van der Waals surface area (Å²) in [6.45, 7) is 7.97. The predicted molar refractivity (Wildman–Crippen MR) is 115 cm³/mol. The van der Waals surface area contributed by atoms with Crippen molar-refractivity contribution in [3.63, 3.8) is 0 Å². The summed E-state index contributed by atoms with van der Waals surface area (Å²) in [5.41, 5.74) is 5.66. The summed E-state index contributed by atoms with van der Waals surface area (Å²) in [7, 11) is 4.86. The van der Waals surface area contributed by atoms with Crippen LogP contribution >= 0.6 is 0 Å². The largest absolute Gasteiger partial charge is 0.500 e. The van der Waals surface area contributed by atoms with E-state index in [1.807, 2.05) is 0 Å². The monoisotopic (exact) mass is 440 g/mol. The molecule has 168 valence electrons. The highest BCUT2D eigenvalue weighted by Gasteiger charge is 2.36. The van der Waals surface area contributed by atoms with Gasteiger partial charge in [-0.2, -0.15) is 0 Å². The highest BCUT2D eigenvalue weighted by molar-refractivity contribution is 6.60. The number of carbonyl (C=O) groups excluding carboxylic acids is 1. The smallest absolute Gasteiger partial charge is 0.463 e. The summed E-state index contributed by atoms with van der Waals surface area (Å²) in [5.74, 6) is 0.310. The Kier molecular flexibility index (Phi) is 20.8. The maximum absolute atomic E-state index is 10.7. The van der Waals surface area contributed by atoms with Gasteiger partial charge >= 0.3 is 24.8 Å². The molecule has 0 aromatic carbocycles. The molecule has 0 saturated carbocycles. The zero-order chi connectivity index (χ0) is 21.8. The predicted octanol–water partition coefficient (Wildman–Crippen LogP) is 0.205. The zero-order valence-corrected chi connectivity index (χ0v) is 20.7. The first-order chi connectivity index (χ1) is 13.4. The molecule has 1 heterocycles. The van der Waals surface area contributed by atoms with Crippen LogP contribution in [0.4, 0.5) is 0 Å². The van der Waals surface area contributed by atoms with Crippen LogP contribution in [0.1, 0.15) is 19.8 Å². The molecular weight excluding hydrogens is 400 g/mol. The maximum Gasteiger partial charge on any atom is 0.500 e. The van der Waals surface area contributed by atoms with Gasteiger partial charge in [-0.3, -0.25) is 0 Å². The van der Waals surface area contributed by atoms with Gasteiger partial charge in [0, 0.05) is 53.7 Å². The van der Waals surface area contributed by atoms with Crippen molar-refractivity contribution in [2.45, 2.75) is 31.9 Å². The molecule has 0 bridgehead atoms. The van der Waals surface area contributed by atoms with Gasteiger partial charge < -0.3 is 37.9 Å². The van der Waals surface area contributed by atoms with Crippen LogP contribution in [0.2, 0.25) is 6.04 Å². The molecule has 0 radical (unpaired) electrons. The molecule has 0 aromatic rings. The molecule has 0 aliphatic carbocycles. The molecule has 1 fully saturated rings. The minimum absolute atomic E-state index is 0.315. The number of hydrogen-bond donors (Lipinski definition) is 2. The maximum atomic E-state index is 10.7. The van der Waals surface area contributed by atoms with Gasteiger partial charge in [-0.1, -0.05) is 6.58 Å². The number of nitrogens with two attached hydrogens (primary N) is 1. The van der Waals surface area contributed by atoms with Crippen LogP contribution in [0.3, 0.4) is 0 Å². The molecule has 3 N–H and O–H groups in total. The third-order valence-electron chi connectivity index (χ3n) is 4.05. The van der Waals surface area contributed by atoms with Gasteiger partial charge in [0.05, 0.1) is 6.61 Å². The van der Waals surface area contributed by atoms with E-state index in [2.05, 4.69) is 27.7 Å². The summed E-state index contributed by atoms with van der Waals surface area (Å²) in [5, 5.41) is 3.27. The summed E-state index contributed by atoms with van der Waals surface area (Å²) < 4.78 is 29.6. The summed E-state index contributed by atoms with van der Waals surface area (Å²) in [6.07, 6.45) is 3.03. The molecule has 1 saturated heterocycles. The average molecular weight is 441 g/mol. The lowest BCUT2D eigenvalue weighted by atomic mass is 10.0. The van der Waals surface area contributed by atoms with Gasteiger partial charge in [0.1, 0.15) is 0 Å². The second kappa shape index (κ2) is 19.7. The number of ether oxygens (including phenoxy) is 1. The Morgan fingerprint density at radius 3 is 2.11 bits per heavy atom. The molecule has 0 amide bonds. The van der Waals surface area contributed by atoms with Crippen molar-refractivity contribution < 1.29 is 31.7 Å². The van der Waals surface area contributed by atoms with Crippen LogP contribution in [0, 0.1) is 5.92 Å². The fourth-order valence-electron chi connectivity index (χ4n) is 2.32. The van der Waals surface area contributed by atoms with Crippen molar-refractivity contribution in [2.24, 2.45) is 11.7 Å². The van der Waals surface area contributed by atoms with Crippen LogP contribution < -0.4 is 11.1 Å². The Hall–Kier alpha value is -0.636. The van der Waals surface area contributed by atoms with E-state index in [4.69, 9.17) is 23.7 Å². The van der Waals surface area contributed by atoms with Crippen molar-refractivity contribution in [3.05, 3.63) is 12.7 Å². The van der Waals surface area contributed by atoms with Gasteiger partial charge in [0.25, 0.3) is 0 Å². The Bertz CT molecular complexity index is 370. The van der Waals surface area contributed by atoms with Gasteiger partial charge in [0.2, 0.25) is 0 Å². The first-order valence-electron chi connectivity index (χ1n) is 9.25. The number of carbonyl (C=O) groups is 1. The van der Waals surface area contributed by atoms with E-state index in [9.17, 15) is 4.79 Å². The van der Waals surface area contributed by atoms with Gasteiger partial charge in [-0.05, 0) is 38.8 Å². The van der Waals surface area contributed by atoms with Crippen molar-refractivity contribution >= 4 is 24.8 Å². The van der Waals surface area contributed by atoms with Crippen LogP contribution in [-0.4, -0.2) is 86.1 Å². The van der Waals surface area contributed by atoms with Crippen molar-refractivity contribution in [2.75, 3.05) is 55.2 Å². The van der Waals surface area contributed by atoms with E-state index in [0.29, 0.717) is 25.1 Å². The van der Waals surface area contributed by atoms with E-state index < -0.39 is 24.8 Å². The number of esters is 1. The van der Waals surface area contributed by atoms with Gasteiger partial charge in [0.15, 0.2) is 0 Å². The Morgan fingerprint density at radius 1 is 1.25 bits per heavy atom. The molecule has 2 atom stereocenters. The third kappa shape index (κ3) is 15.3. The Labute approximate surface area is 173 Å². The third-order valence-corrected chi connectivity index (χ3v) is 7.35. The van der Waals surface area contributed by atoms with E-state index in [0.717, 1.165) is 25.1 Å². The standard InChI is InChI=1S/C9H18O5Si.C6H14N2.C2H8O2Si/c1-5-9(10)14-7-6-8-15(11-2,12-3)13-4;1-5(7)6-2-3-8-4-6;1-3-5-4-2/h5H,1,6-8H2,2-4H3;5-6,8H,2-4,7H2,1H3;5H2,1-2H3. The molecule has 1 aliphatic heterocycles. The van der Waals surface area contributed by atoms with Crippen LogP contribution in [0.5, 0.6) is 0 Å². The lowest BCUT2D eigenvalue weighted by molar-refractivity contribution is -0.137. The summed E-state index contributed by atoms with van der Waals surface area (Å²) in [6, 6.07) is 0.992. The average Bonchev–Trinajstić information content (AvgIpc) is 3.25. The first-order valence-corrected chi connectivity index (χ1v) is 12.3. The molecule has 0 aromatic heterocycles. The number of hydrogen-bond acceptors (Lipinski definition) is 9. The first kappa shape index (κ1) is 29.6. The van der Waals surface area contributed by atoms with Crippen molar-refractivity contribution in [1.29, 1.82) is 0 Å². The minimum atomic E-state index is -2.52. The molecule has 9 nitrogen and oxygen atoms in total. The lowest BCUT2D eigenvalue weighted by Crippen LogP contribution is -2.42. The highest BCUT2D eigenvalue weighted by Crippen LogP contribution is 2.14. The topological polar surface area (TPSA) is 111 Å². The van der Waals surface area contributed by atoms with Crippen molar-refractivity contribution in [1.82, 2.24) is 5.32 Å². The lowest BCUT2D eigenvalue weighted by Gasteiger charge is -2.23. The van der Waals surface area contributed by atoms with E-state index in [1.54, 1.807) is 35.5 Å². The minimum Gasteiger partial charge on any atom is -0.463 e. The normalized spacial score (nSPS) is 16.9. The Balaban J connectivity index is 0. The van der Waals surface area contributed by atoms with E-state index in [-0.39, 0.29) is 0 Å². The number of rotatable bonds is 11. The van der Waals surface area contributed by atoms with Crippen LogP contribution in [-0.2, 0) is 31.7 Å². The molecule has 1 aliphatic rings. The number of nitrogens with one attached hydrogen (secondary N) is 1. The zero-order valence-electron chi connectivity index (χ0n) is 18.3. The molecule has 1 rings (SSSR count). The summed E-state index contributed by atoms with van der Waals surface area (Å²) in [4.78, 5) is 10.7. The second-order valence-electron chi connectivity index (χ2n) is 6.08.